The Bertz CT molecular complexity index is 840. The van der Waals surface area contributed by atoms with Gasteiger partial charge in [0.15, 0.2) is 4.88 Å². The number of carbonyl (C=O) groups is 1. The van der Waals surface area contributed by atoms with Crippen LogP contribution in [0.3, 0.4) is 0 Å². The quantitative estimate of drug-likeness (QED) is 0.752. The second-order valence-corrected chi connectivity index (χ2v) is 5.40. The van der Waals surface area contributed by atoms with Gasteiger partial charge in [-0.3, -0.25) is 4.98 Å². The Balaban J connectivity index is 2.31. The van der Waals surface area contributed by atoms with Gasteiger partial charge in [0.05, 0.1) is 29.3 Å². The zero-order valence-electron chi connectivity index (χ0n) is 11.5. The van der Waals surface area contributed by atoms with E-state index in [0.29, 0.717) is 12.0 Å². The van der Waals surface area contributed by atoms with Crippen LogP contribution in [0.5, 0.6) is 11.5 Å². The summed E-state index contributed by atoms with van der Waals surface area (Å²) in [5, 5.41) is 11.5. The predicted molar refractivity (Wildman–Crippen MR) is 81.3 cm³/mol. The number of benzene rings is 1. The van der Waals surface area contributed by atoms with E-state index in [0.717, 1.165) is 21.4 Å². The molecule has 0 amide bonds. The van der Waals surface area contributed by atoms with Gasteiger partial charge in [0.2, 0.25) is 0 Å². The number of aromatic nitrogens is 1. The van der Waals surface area contributed by atoms with Gasteiger partial charge < -0.3 is 14.6 Å². The van der Waals surface area contributed by atoms with Crippen LogP contribution < -0.4 is 4.74 Å². The second kappa shape index (κ2) is 5.21. The highest BCUT2D eigenvalue weighted by Crippen LogP contribution is 2.41. The van der Waals surface area contributed by atoms with Crippen LogP contribution >= 0.6 is 11.3 Å². The molecule has 0 unspecified atom stereocenters. The Hall–Kier alpha value is -2.34. The molecule has 3 aromatic rings. The third-order valence-corrected chi connectivity index (χ3v) is 4.35. The van der Waals surface area contributed by atoms with Crippen LogP contribution in [-0.4, -0.2) is 29.8 Å². The van der Waals surface area contributed by atoms with Crippen molar-refractivity contribution in [2.24, 2.45) is 0 Å². The maximum absolute atomic E-state index is 11.7. The molecule has 108 valence electrons. The largest absolute Gasteiger partial charge is 0.505 e. The van der Waals surface area contributed by atoms with E-state index in [2.05, 4.69) is 9.72 Å². The Morgan fingerprint density at radius 2 is 2.19 bits per heavy atom. The average molecular weight is 303 g/mol. The molecule has 0 saturated heterocycles. The van der Waals surface area contributed by atoms with Gasteiger partial charge in [-0.1, -0.05) is 0 Å². The van der Waals surface area contributed by atoms with Crippen molar-refractivity contribution in [1.82, 2.24) is 4.98 Å². The zero-order valence-corrected chi connectivity index (χ0v) is 12.4. The van der Waals surface area contributed by atoms with E-state index < -0.39 is 5.97 Å². The van der Waals surface area contributed by atoms with E-state index in [1.807, 2.05) is 25.1 Å². The lowest BCUT2D eigenvalue weighted by molar-refractivity contribution is 0.0603. The van der Waals surface area contributed by atoms with Crippen LogP contribution in [0, 0.1) is 0 Å². The SMILES string of the molecule is CCOc1ccc2ncc3c(O)c(C(=O)OC)sc3c2c1. The maximum atomic E-state index is 11.7. The summed E-state index contributed by atoms with van der Waals surface area (Å²) in [5.41, 5.74) is 0.781. The number of pyridine rings is 1. The molecule has 0 spiro atoms. The van der Waals surface area contributed by atoms with E-state index in [9.17, 15) is 9.90 Å². The van der Waals surface area contributed by atoms with E-state index in [1.54, 1.807) is 6.20 Å². The van der Waals surface area contributed by atoms with Crippen molar-refractivity contribution >= 4 is 38.3 Å². The summed E-state index contributed by atoms with van der Waals surface area (Å²) in [6.07, 6.45) is 1.57. The summed E-state index contributed by atoms with van der Waals surface area (Å²) < 4.78 is 11.0. The molecular weight excluding hydrogens is 290 g/mol. The van der Waals surface area contributed by atoms with Gasteiger partial charge in [0, 0.05) is 11.6 Å². The molecule has 0 fully saturated rings. The molecule has 1 aromatic carbocycles. The minimum Gasteiger partial charge on any atom is -0.505 e. The van der Waals surface area contributed by atoms with Crippen LogP contribution in [0.25, 0.3) is 21.0 Å². The summed E-state index contributed by atoms with van der Waals surface area (Å²) in [6, 6.07) is 5.57. The molecule has 1 N–H and O–H groups in total. The molecule has 0 aliphatic carbocycles. The van der Waals surface area contributed by atoms with Crippen molar-refractivity contribution in [2.75, 3.05) is 13.7 Å². The average Bonchev–Trinajstić information content (AvgIpc) is 2.84. The molecule has 0 saturated carbocycles. The maximum Gasteiger partial charge on any atom is 0.351 e. The number of ether oxygens (including phenoxy) is 2. The first-order valence-corrected chi connectivity index (χ1v) is 7.22. The van der Waals surface area contributed by atoms with Gasteiger partial charge in [-0.25, -0.2) is 4.79 Å². The fourth-order valence-corrected chi connectivity index (χ4v) is 3.30. The highest BCUT2D eigenvalue weighted by molar-refractivity contribution is 7.22. The first kappa shape index (κ1) is 13.6. The number of aromatic hydroxyl groups is 1. The van der Waals surface area contributed by atoms with E-state index in [-0.39, 0.29) is 10.6 Å². The van der Waals surface area contributed by atoms with Crippen molar-refractivity contribution < 1.29 is 19.4 Å². The van der Waals surface area contributed by atoms with Crippen LogP contribution in [0.2, 0.25) is 0 Å². The molecule has 0 aliphatic rings. The number of thiophene rings is 1. The molecule has 21 heavy (non-hydrogen) atoms. The van der Waals surface area contributed by atoms with Crippen molar-refractivity contribution in [2.45, 2.75) is 6.92 Å². The third-order valence-electron chi connectivity index (χ3n) is 3.15. The number of fused-ring (bicyclic) bond motifs is 3. The fourth-order valence-electron chi connectivity index (χ4n) is 2.19. The fraction of sp³-hybridized carbons (Fsp3) is 0.200. The molecule has 3 rings (SSSR count). The Kier molecular flexibility index (Phi) is 3.39. The number of methoxy groups -OCH3 is 1. The molecule has 0 radical (unpaired) electrons. The van der Waals surface area contributed by atoms with E-state index in [4.69, 9.17) is 4.74 Å². The van der Waals surface area contributed by atoms with Crippen molar-refractivity contribution in [3.05, 3.63) is 29.3 Å². The van der Waals surface area contributed by atoms with Gasteiger partial charge in [-0.15, -0.1) is 11.3 Å². The normalized spacial score (nSPS) is 11.0. The minimum absolute atomic E-state index is 0.0851. The van der Waals surface area contributed by atoms with Gasteiger partial charge in [-0.2, -0.15) is 0 Å². The highest BCUT2D eigenvalue weighted by atomic mass is 32.1. The van der Waals surface area contributed by atoms with E-state index >= 15 is 0 Å². The van der Waals surface area contributed by atoms with Crippen LogP contribution in [0.4, 0.5) is 0 Å². The number of nitrogens with zero attached hydrogens (tertiary/aromatic N) is 1. The lowest BCUT2D eigenvalue weighted by Crippen LogP contribution is -1.97. The summed E-state index contributed by atoms with van der Waals surface area (Å²) in [5.74, 6) is 0.0904. The third kappa shape index (κ3) is 2.17. The Morgan fingerprint density at radius 3 is 2.90 bits per heavy atom. The highest BCUT2D eigenvalue weighted by Gasteiger charge is 2.20. The van der Waals surface area contributed by atoms with Gasteiger partial charge >= 0.3 is 5.97 Å². The lowest BCUT2D eigenvalue weighted by atomic mass is 10.1. The minimum atomic E-state index is -0.553. The number of rotatable bonds is 3. The van der Waals surface area contributed by atoms with Crippen LogP contribution in [0.15, 0.2) is 24.4 Å². The number of hydrogen-bond donors (Lipinski definition) is 1. The Labute approximate surface area is 124 Å². The molecule has 0 bridgehead atoms. The monoisotopic (exact) mass is 303 g/mol. The molecule has 5 nitrogen and oxygen atoms in total. The number of esters is 1. The summed E-state index contributed by atoms with van der Waals surface area (Å²) >= 11 is 1.19. The van der Waals surface area contributed by atoms with Gasteiger partial charge in [0.25, 0.3) is 0 Å². The first-order chi connectivity index (χ1) is 10.2. The number of carbonyl (C=O) groups excluding carboxylic acids is 1. The second-order valence-electron chi connectivity index (χ2n) is 4.38. The molecule has 0 atom stereocenters. The van der Waals surface area contributed by atoms with Crippen LogP contribution in [-0.2, 0) is 4.74 Å². The summed E-state index contributed by atoms with van der Waals surface area (Å²) in [4.78, 5) is 16.2. The zero-order chi connectivity index (χ0) is 15.0. The molecule has 2 aromatic heterocycles. The molecule has 2 heterocycles. The standard InChI is InChI=1S/C15H13NO4S/c1-3-20-8-4-5-11-9(6-8)13-10(7-16-11)12(17)14(21-13)15(18)19-2/h4-7,17H,3H2,1-2H3. The van der Waals surface area contributed by atoms with Crippen molar-refractivity contribution in [3.8, 4) is 11.5 Å². The van der Waals surface area contributed by atoms with Crippen molar-refractivity contribution in [1.29, 1.82) is 0 Å². The summed E-state index contributed by atoms with van der Waals surface area (Å²) in [6.45, 7) is 2.48. The first-order valence-electron chi connectivity index (χ1n) is 6.41. The summed E-state index contributed by atoms with van der Waals surface area (Å²) in [7, 11) is 1.29. The lowest BCUT2D eigenvalue weighted by Gasteiger charge is -2.04. The molecular formula is C15H13NO4S. The topological polar surface area (TPSA) is 68.7 Å². The Morgan fingerprint density at radius 1 is 1.38 bits per heavy atom. The molecule has 6 heteroatoms. The predicted octanol–water partition coefficient (Wildman–Crippen LogP) is 3.34. The smallest absolute Gasteiger partial charge is 0.351 e. The van der Waals surface area contributed by atoms with Crippen LogP contribution in [0.1, 0.15) is 16.6 Å². The number of hydrogen-bond acceptors (Lipinski definition) is 6. The van der Waals surface area contributed by atoms with E-state index in [1.165, 1.54) is 18.4 Å². The van der Waals surface area contributed by atoms with Gasteiger partial charge in [-0.05, 0) is 25.1 Å². The van der Waals surface area contributed by atoms with Crippen molar-refractivity contribution in [3.63, 3.8) is 0 Å². The van der Waals surface area contributed by atoms with Gasteiger partial charge in [0.1, 0.15) is 11.5 Å². The molecule has 0 aliphatic heterocycles.